The average molecular weight is 491 g/mol. The maximum Gasteiger partial charge on any atom is 0.153 e. The molecule has 1 fully saturated rings. The number of rotatable bonds is 10. The van der Waals surface area contributed by atoms with Gasteiger partial charge in [0.05, 0.1) is 17.5 Å². The molecule has 0 aliphatic heterocycles. The fourth-order valence-corrected chi connectivity index (χ4v) is 5.50. The third-order valence-corrected chi connectivity index (χ3v) is 8.76. The van der Waals surface area contributed by atoms with Crippen LogP contribution in [0.5, 0.6) is 0 Å². The lowest BCUT2D eigenvalue weighted by Gasteiger charge is -2.32. The zero-order chi connectivity index (χ0) is 26.0. The van der Waals surface area contributed by atoms with E-state index in [-0.39, 0.29) is 17.8 Å². The van der Waals surface area contributed by atoms with Crippen LogP contribution in [0.15, 0.2) is 23.8 Å². The van der Waals surface area contributed by atoms with Crippen LogP contribution < -0.4 is 0 Å². The first-order valence-corrected chi connectivity index (χ1v) is 14.8. The van der Waals surface area contributed by atoms with Gasteiger partial charge in [-0.1, -0.05) is 59.8 Å². The Morgan fingerprint density at radius 1 is 0.971 bits per heavy atom. The van der Waals surface area contributed by atoms with Gasteiger partial charge in [0.2, 0.25) is 0 Å². The molecule has 2 rings (SSSR count). The molecule has 1 aliphatic rings. The summed E-state index contributed by atoms with van der Waals surface area (Å²) in [5.41, 5.74) is 5.98. The molecule has 1 aliphatic carbocycles. The quantitative estimate of drug-likeness (QED) is 0.324. The van der Waals surface area contributed by atoms with E-state index in [1.54, 1.807) is 13.0 Å². The number of carbonyl (C=O) groups is 1. The largest absolute Gasteiger partial charge is 0.365 e. The van der Waals surface area contributed by atoms with Gasteiger partial charge in [0.25, 0.3) is 0 Å². The van der Waals surface area contributed by atoms with Gasteiger partial charge in [0.15, 0.2) is 9.84 Å². The molecule has 1 aromatic rings. The molecule has 0 aromatic heterocycles. The standard InChI is InChI=1S/C29H46O4S/c1-17(2)23-15-25(18(3)4)28(26(16-23)19(5)6)22(9)33-29(24-12-11-13-27(24)30)20(7)14-21(8)34(10,31)32/h14-19,21-22,24,29H,11-13H2,1-10H3/b20-14-/t21-,22-,24-,29-/m1/s1. The maximum absolute atomic E-state index is 12.8. The summed E-state index contributed by atoms with van der Waals surface area (Å²) in [7, 11) is -3.21. The molecule has 0 unspecified atom stereocenters. The fraction of sp³-hybridized carbons (Fsp3) is 0.690. The molecule has 4 atom stereocenters. The predicted octanol–water partition coefficient (Wildman–Crippen LogP) is 7.25. The number of ketones is 1. The topological polar surface area (TPSA) is 60.4 Å². The van der Waals surface area contributed by atoms with Gasteiger partial charge >= 0.3 is 0 Å². The van der Waals surface area contributed by atoms with Crippen LogP contribution in [0.2, 0.25) is 0 Å². The van der Waals surface area contributed by atoms with Crippen LogP contribution >= 0.6 is 0 Å². The van der Waals surface area contributed by atoms with Crippen LogP contribution in [0.3, 0.4) is 0 Å². The smallest absolute Gasteiger partial charge is 0.153 e. The Labute approximate surface area is 208 Å². The van der Waals surface area contributed by atoms with E-state index in [9.17, 15) is 13.2 Å². The first-order valence-electron chi connectivity index (χ1n) is 12.9. The highest BCUT2D eigenvalue weighted by Gasteiger charge is 2.36. The molecule has 192 valence electrons. The molecule has 0 spiro atoms. The molecule has 0 heterocycles. The number of Topliss-reactive ketones (excluding diaryl/α,β-unsaturated/α-hetero) is 1. The number of carbonyl (C=O) groups excluding carboxylic acids is 1. The van der Waals surface area contributed by atoms with Crippen LogP contribution in [0, 0.1) is 5.92 Å². The van der Waals surface area contributed by atoms with E-state index >= 15 is 0 Å². The van der Waals surface area contributed by atoms with Gasteiger partial charge in [0.1, 0.15) is 5.78 Å². The fourth-order valence-electron chi connectivity index (χ4n) is 5.04. The van der Waals surface area contributed by atoms with Crippen molar-refractivity contribution in [3.8, 4) is 0 Å². The van der Waals surface area contributed by atoms with Crippen LogP contribution in [0.1, 0.15) is 128 Å². The number of hydrogen-bond acceptors (Lipinski definition) is 4. The van der Waals surface area contributed by atoms with Crippen LogP contribution in [0.4, 0.5) is 0 Å². The Hall–Kier alpha value is -1.46. The Morgan fingerprint density at radius 3 is 1.88 bits per heavy atom. The average Bonchev–Trinajstić information content (AvgIpc) is 3.15. The van der Waals surface area contributed by atoms with E-state index in [0.29, 0.717) is 24.2 Å². The molecule has 1 saturated carbocycles. The molecule has 0 bridgehead atoms. The monoisotopic (exact) mass is 490 g/mol. The Bertz CT molecular complexity index is 972. The van der Waals surface area contributed by atoms with Gasteiger partial charge in [-0.25, -0.2) is 8.42 Å². The molecule has 1 aromatic carbocycles. The molecule has 5 heteroatoms. The summed E-state index contributed by atoms with van der Waals surface area (Å²) in [6, 6.07) is 4.64. The van der Waals surface area contributed by atoms with E-state index in [0.717, 1.165) is 18.4 Å². The molecule has 0 radical (unpaired) electrons. The van der Waals surface area contributed by atoms with Crippen LogP contribution in [-0.4, -0.2) is 31.8 Å². The molecule has 0 amide bonds. The molecule has 34 heavy (non-hydrogen) atoms. The van der Waals surface area contributed by atoms with E-state index in [4.69, 9.17) is 4.74 Å². The molecule has 0 saturated heterocycles. The summed E-state index contributed by atoms with van der Waals surface area (Å²) in [4.78, 5) is 12.8. The van der Waals surface area contributed by atoms with Gasteiger partial charge in [-0.15, -0.1) is 0 Å². The Balaban J connectivity index is 2.58. The normalized spacial score (nSPS) is 20.4. The second kappa shape index (κ2) is 11.5. The summed E-state index contributed by atoms with van der Waals surface area (Å²) in [6.07, 6.45) is 4.61. The van der Waals surface area contributed by atoms with E-state index in [1.165, 1.54) is 28.5 Å². The second-order valence-electron chi connectivity index (χ2n) is 11.2. The first-order chi connectivity index (χ1) is 15.6. The lowest BCUT2D eigenvalue weighted by molar-refractivity contribution is -0.125. The zero-order valence-electron chi connectivity index (χ0n) is 22.9. The maximum atomic E-state index is 12.8. The minimum absolute atomic E-state index is 0.216. The number of sulfone groups is 1. The van der Waals surface area contributed by atoms with E-state index < -0.39 is 21.2 Å². The summed E-state index contributed by atoms with van der Waals surface area (Å²) >= 11 is 0. The van der Waals surface area contributed by atoms with Crippen LogP contribution in [0.25, 0.3) is 0 Å². The van der Waals surface area contributed by atoms with Gasteiger partial charge in [-0.05, 0) is 79.2 Å². The summed E-state index contributed by atoms with van der Waals surface area (Å²) < 4.78 is 30.9. The van der Waals surface area contributed by atoms with Crippen molar-refractivity contribution in [1.82, 2.24) is 0 Å². The van der Waals surface area contributed by atoms with Crippen molar-refractivity contribution in [3.63, 3.8) is 0 Å². The molecular weight excluding hydrogens is 444 g/mol. The van der Waals surface area contributed by atoms with Crippen molar-refractivity contribution in [2.24, 2.45) is 5.92 Å². The van der Waals surface area contributed by atoms with Crippen molar-refractivity contribution in [2.75, 3.05) is 6.26 Å². The number of benzene rings is 1. The van der Waals surface area contributed by atoms with Gasteiger partial charge in [-0.2, -0.15) is 0 Å². The van der Waals surface area contributed by atoms with Crippen molar-refractivity contribution in [2.45, 2.75) is 117 Å². The first kappa shape index (κ1) is 28.8. The van der Waals surface area contributed by atoms with Crippen molar-refractivity contribution in [3.05, 3.63) is 46.0 Å². The molecule has 0 N–H and O–H groups in total. The minimum Gasteiger partial charge on any atom is -0.365 e. The minimum atomic E-state index is -3.21. The Morgan fingerprint density at radius 2 is 1.50 bits per heavy atom. The van der Waals surface area contributed by atoms with E-state index in [1.807, 2.05) is 6.92 Å². The summed E-state index contributed by atoms with van der Waals surface area (Å²) in [5, 5.41) is -0.617. The van der Waals surface area contributed by atoms with Crippen molar-refractivity contribution in [1.29, 1.82) is 0 Å². The Kier molecular flexibility index (Phi) is 9.75. The lowest BCUT2D eigenvalue weighted by atomic mass is 9.82. The molecular formula is C29H46O4S. The second-order valence-corrected chi connectivity index (χ2v) is 13.6. The van der Waals surface area contributed by atoms with Gasteiger partial charge in [0, 0.05) is 18.6 Å². The highest BCUT2D eigenvalue weighted by Crippen LogP contribution is 2.40. The van der Waals surface area contributed by atoms with Crippen molar-refractivity contribution < 1.29 is 17.9 Å². The lowest BCUT2D eigenvalue weighted by Crippen LogP contribution is -2.31. The van der Waals surface area contributed by atoms with E-state index in [2.05, 4.69) is 60.6 Å². The number of ether oxygens (including phenoxy) is 1. The third-order valence-electron chi connectivity index (χ3n) is 7.27. The number of hydrogen-bond donors (Lipinski definition) is 0. The van der Waals surface area contributed by atoms with Crippen LogP contribution in [-0.2, 0) is 19.4 Å². The third kappa shape index (κ3) is 6.81. The van der Waals surface area contributed by atoms with Gasteiger partial charge in [-0.3, -0.25) is 4.79 Å². The van der Waals surface area contributed by atoms with Gasteiger partial charge < -0.3 is 4.74 Å². The predicted molar refractivity (Wildman–Crippen MR) is 142 cm³/mol. The highest BCUT2D eigenvalue weighted by molar-refractivity contribution is 7.91. The SMILES string of the molecule is C/C(=C/[C@@H](C)S(C)(=O)=O)[C@@H](O[C@H](C)c1c(C(C)C)cc(C(C)C)cc1C(C)C)[C@@H]1CCCC1=O. The zero-order valence-corrected chi connectivity index (χ0v) is 23.8. The van der Waals surface area contributed by atoms with Crippen molar-refractivity contribution >= 4 is 15.6 Å². The summed E-state index contributed by atoms with van der Waals surface area (Å²) in [6.45, 7) is 19.0. The summed E-state index contributed by atoms with van der Waals surface area (Å²) in [5.74, 6) is 1.12. The highest BCUT2D eigenvalue weighted by atomic mass is 32.2. The molecule has 4 nitrogen and oxygen atoms in total.